The molecule has 0 fully saturated rings. The van der Waals surface area contributed by atoms with Crippen LogP contribution in [0.3, 0.4) is 0 Å². The standard InChI is InChI=1S/2C12H8N2.6C2H4O2.2Eu/c2*1-3-9-5-6-10-4-2-8-14-12(10)11(9)13-7-1;6*1-2(3)4;;/h2*1-8H;6*1H3,(H,3,4);;/q;;;;;;;;2*+3/p-6. The zero-order valence-electron chi connectivity index (χ0n) is 29.7. The molecule has 4 heterocycles. The zero-order valence-corrected chi connectivity index (χ0v) is 34.5. The minimum absolute atomic E-state index is 0. The summed E-state index contributed by atoms with van der Waals surface area (Å²) in [5.74, 6) is -6.50. The topological polar surface area (TPSA) is 292 Å². The molecule has 0 aliphatic carbocycles. The molecule has 0 radical (unpaired) electrons. The van der Waals surface area contributed by atoms with Gasteiger partial charge in [0, 0.05) is 82.1 Å². The van der Waals surface area contributed by atoms with Gasteiger partial charge >= 0.3 is 98.8 Å². The number of hydrogen-bond acceptors (Lipinski definition) is 16. The Bertz CT molecular complexity index is 1730. The average molecular weight is 1020 g/mol. The van der Waals surface area contributed by atoms with E-state index in [0.717, 1.165) is 85.2 Å². The molecule has 6 rings (SSSR count). The number of carboxylic acid groups (broad SMARTS) is 6. The van der Waals surface area contributed by atoms with Crippen LogP contribution < -0.4 is 30.6 Å². The van der Waals surface area contributed by atoms with Crippen LogP contribution in [0.15, 0.2) is 97.6 Å². The number of rotatable bonds is 0. The molecule has 0 N–H and O–H groups in total. The smallest absolute Gasteiger partial charge is 0.550 e. The van der Waals surface area contributed by atoms with Crippen molar-refractivity contribution < 1.29 is 158 Å². The van der Waals surface area contributed by atoms with Gasteiger partial charge in [0.1, 0.15) is 0 Å². The predicted octanol–water partition coefficient (Wildman–Crippen LogP) is -1.90. The van der Waals surface area contributed by atoms with Crippen molar-refractivity contribution in [1.29, 1.82) is 0 Å². The Morgan fingerprint density at radius 1 is 0.333 bits per heavy atom. The van der Waals surface area contributed by atoms with Crippen LogP contribution in [0.25, 0.3) is 43.6 Å². The second-order valence-corrected chi connectivity index (χ2v) is 9.38. The molecule has 284 valence electrons. The summed E-state index contributed by atoms with van der Waals surface area (Å²) in [6, 6.07) is 24.3. The number of benzene rings is 2. The van der Waals surface area contributed by atoms with Crippen LogP contribution in [-0.4, -0.2) is 55.8 Å². The largest absolute Gasteiger partial charge is 3.00 e. The third-order valence-corrected chi connectivity index (χ3v) is 4.69. The monoisotopic (exact) mass is 1020 g/mol. The van der Waals surface area contributed by atoms with Crippen LogP contribution in [0.2, 0.25) is 0 Å². The normalized spacial score (nSPS) is 8.41. The maximum Gasteiger partial charge on any atom is 3.00 e. The van der Waals surface area contributed by atoms with Gasteiger partial charge in [-0.3, -0.25) is 19.9 Å². The Kier molecular flexibility index (Phi) is 35.4. The van der Waals surface area contributed by atoms with E-state index in [-0.39, 0.29) is 98.8 Å². The Balaban J connectivity index is -0.000000290. The number of pyridine rings is 4. The molecule has 0 bridgehead atoms. The Morgan fingerprint density at radius 3 is 0.593 bits per heavy atom. The summed E-state index contributed by atoms with van der Waals surface area (Å²) in [6.45, 7) is 5.83. The number of carboxylic acids is 6. The zero-order chi connectivity index (χ0) is 40.2. The number of nitrogens with zero attached hydrogens (tertiary/aromatic N) is 4. The van der Waals surface area contributed by atoms with Crippen LogP contribution in [0.4, 0.5) is 0 Å². The first-order chi connectivity index (χ1) is 24.3. The van der Waals surface area contributed by atoms with Crippen molar-refractivity contribution in [3.05, 3.63) is 97.6 Å². The predicted molar refractivity (Wildman–Crippen MR) is 178 cm³/mol. The molecule has 0 amide bonds. The maximum atomic E-state index is 8.89. The summed E-state index contributed by atoms with van der Waals surface area (Å²) in [6.07, 6.45) is 7.21. The molecular formula is C36H34Eu2N4O12. The quantitative estimate of drug-likeness (QED) is 0.150. The number of aromatic nitrogens is 4. The van der Waals surface area contributed by atoms with E-state index in [9.17, 15) is 0 Å². The molecule has 0 saturated heterocycles. The van der Waals surface area contributed by atoms with E-state index < -0.39 is 35.8 Å². The average Bonchev–Trinajstić information content (AvgIpc) is 3.03. The van der Waals surface area contributed by atoms with Gasteiger partial charge in [-0.05, 0) is 65.8 Å². The molecule has 18 heteroatoms. The first-order valence-corrected chi connectivity index (χ1v) is 14.5. The Morgan fingerprint density at radius 2 is 0.463 bits per heavy atom. The van der Waals surface area contributed by atoms with Crippen molar-refractivity contribution in [1.82, 2.24) is 19.9 Å². The number of hydrogen-bond donors (Lipinski definition) is 0. The Hall–Kier alpha value is -3.93. The minimum atomic E-state index is -1.08. The van der Waals surface area contributed by atoms with Gasteiger partial charge in [-0.2, -0.15) is 0 Å². The number of fused-ring (bicyclic) bond motifs is 6. The van der Waals surface area contributed by atoms with Crippen molar-refractivity contribution in [2.75, 3.05) is 0 Å². The molecule has 0 aliphatic heterocycles. The van der Waals surface area contributed by atoms with Gasteiger partial charge in [-0.25, -0.2) is 0 Å². The van der Waals surface area contributed by atoms with Gasteiger partial charge in [0.15, 0.2) is 0 Å². The van der Waals surface area contributed by atoms with Gasteiger partial charge in [0.2, 0.25) is 0 Å². The van der Waals surface area contributed by atoms with Crippen LogP contribution in [0.1, 0.15) is 41.5 Å². The van der Waals surface area contributed by atoms with Gasteiger partial charge in [0.25, 0.3) is 0 Å². The van der Waals surface area contributed by atoms with Crippen molar-refractivity contribution in [3.8, 4) is 0 Å². The van der Waals surface area contributed by atoms with Crippen molar-refractivity contribution in [2.24, 2.45) is 0 Å². The van der Waals surface area contributed by atoms with E-state index in [4.69, 9.17) is 59.4 Å². The van der Waals surface area contributed by atoms with E-state index in [1.165, 1.54) is 0 Å². The van der Waals surface area contributed by atoms with Gasteiger partial charge < -0.3 is 59.4 Å². The molecule has 0 atom stereocenters. The molecular weight excluding hydrogens is 984 g/mol. The fourth-order valence-corrected chi connectivity index (χ4v) is 3.36. The number of carbonyl (C=O) groups excluding carboxylic acids is 6. The Labute approximate surface area is 391 Å². The summed E-state index contributed by atoms with van der Waals surface area (Å²) >= 11 is 0. The van der Waals surface area contributed by atoms with Gasteiger partial charge in [0.05, 0.1) is 22.1 Å². The van der Waals surface area contributed by atoms with E-state index in [1.807, 2.05) is 24.3 Å². The minimum Gasteiger partial charge on any atom is -0.550 e. The summed E-state index contributed by atoms with van der Waals surface area (Å²) in [4.78, 5) is 70.7. The first-order valence-electron chi connectivity index (χ1n) is 14.5. The van der Waals surface area contributed by atoms with Crippen molar-refractivity contribution in [3.63, 3.8) is 0 Å². The van der Waals surface area contributed by atoms with Gasteiger partial charge in [-0.15, -0.1) is 0 Å². The van der Waals surface area contributed by atoms with E-state index >= 15 is 0 Å². The first kappa shape index (κ1) is 56.8. The maximum absolute atomic E-state index is 8.89. The third kappa shape index (κ3) is 31.6. The summed E-state index contributed by atoms with van der Waals surface area (Å²) in [7, 11) is 0. The molecule has 0 spiro atoms. The molecule has 4 aromatic heterocycles. The summed E-state index contributed by atoms with van der Waals surface area (Å²) < 4.78 is 0. The summed E-state index contributed by atoms with van der Waals surface area (Å²) in [5.41, 5.74) is 3.91. The fourth-order valence-electron chi connectivity index (χ4n) is 3.36. The van der Waals surface area contributed by atoms with E-state index in [0.29, 0.717) is 0 Å². The third-order valence-electron chi connectivity index (χ3n) is 4.69. The molecule has 0 unspecified atom stereocenters. The SMILES string of the molecule is CC(=O)[O-].CC(=O)[O-].CC(=O)[O-].CC(=O)[O-].CC(=O)[O-].CC(=O)[O-].[Eu+3].[Eu+3].c1cnc2c(c1)ccc1cccnc12.c1cnc2c(c1)ccc1cccnc12. The van der Waals surface area contributed by atoms with Crippen LogP contribution in [0.5, 0.6) is 0 Å². The summed E-state index contributed by atoms with van der Waals surface area (Å²) in [5, 5.41) is 57.9. The molecule has 54 heavy (non-hydrogen) atoms. The van der Waals surface area contributed by atoms with E-state index in [2.05, 4.69) is 68.5 Å². The van der Waals surface area contributed by atoms with Crippen molar-refractivity contribution in [2.45, 2.75) is 41.5 Å². The molecule has 2 aromatic carbocycles. The molecule has 0 saturated carbocycles. The van der Waals surface area contributed by atoms with E-state index in [1.54, 1.807) is 24.8 Å². The molecule has 16 nitrogen and oxygen atoms in total. The van der Waals surface area contributed by atoms with Crippen LogP contribution in [-0.2, 0) is 28.8 Å². The van der Waals surface area contributed by atoms with Crippen LogP contribution >= 0.6 is 0 Å². The molecule has 0 aliphatic rings. The van der Waals surface area contributed by atoms with Gasteiger partial charge in [-0.1, -0.05) is 48.5 Å². The van der Waals surface area contributed by atoms with Crippen LogP contribution in [0, 0.1) is 98.8 Å². The fraction of sp³-hybridized carbons (Fsp3) is 0.167. The second kappa shape index (κ2) is 33.6. The molecule has 6 aromatic rings. The number of carbonyl (C=O) groups is 6. The number of aliphatic carboxylic acids is 6. The van der Waals surface area contributed by atoms with Crippen molar-refractivity contribution >= 4 is 79.4 Å². The second-order valence-electron chi connectivity index (χ2n) is 9.38.